The molecule has 3 aromatic rings. The molecule has 0 saturated heterocycles. The molecule has 28 heavy (non-hydrogen) atoms. The number of nitrogens with zero attached hydrogens (tertiary/aromatic N) is 2. The van der Waals surface area contributed by atoms with E-state index in [1.807, 2.05) is 54.6 Å². The lowest BCUT2D eigenvalue weighted by molar-refractivity contribution is -0.122. The predicted molar refractivity (Wildman–Crippen MR) is 115 cm³/mol. The maximum atomic E-state index is 11.4. The zero-order valence-corrected chi connectivity index (χ0v) is 16.3. The van der Waals surface area contributed by atoms with Crippen LogP contribution in [0.5, 0.6) is 0 Å². The van der Waals surface area contributed by atoms with Crippen molar-refractivity contribution < 1.29 is 4.79 Å². The number of para-hydroxylation sites is 2. The van der Waals surface area contributed by atoms with Crippen molar-refractivity contribution in [2.24, 2.45) is 11.7 Å². The van der Waals surface area contributed by atoms with Crippen LogP contribution in [0.15, 0.2) is 54.6 Å². The molecule has 1 fully saturated rings. The third-order valence-electron chi connectivity index (χ3n) is 5.10. The second-order valence-electron chi connectivity index (χ2n) is 7.00. The molecule has 1 aliphatic rings. The third kappa shape index (κ3) is 4.51. The smallest absolute Gasteiger partial charge is 0.225 e. The molecular weight excluding hydrogens is 374 g/mol. The Morgan fingerprint density at radius 3 is 2.32 bits per heavy atom. The molecule has 4 rings (SSSR count). The second-order valence-corrected chi connectivity index (χ2v) is 7.00. The fraction of sp³-hybridized carbons (Fsp3) is 0.286. The molecule has 7 heteroatoms. The molecule has 0 spiro atoms. The Bertz CT molecular complexity index is 942. The van der Waals surface area contributed by atoms with Gasteiger partial charge in [-0.15, -0.1) is 12.4 Å². The maximum absolute atomic E-state index is 11.4. The Balaban J connectivity index is 0.00000225. The van der Waals surface area contributed by atoms with Gasteiger partial charge >= 0.3 is 0 Å². The summed E-state index contributed by atoms with van der Waals surface area (Å²) < 4.78 is 0. The third-order valence-corrected chi connectivity index (χ3v) is 5.10. The molecular formula is C21H24ClN5O. The topological polar surface area (TPSA) is 92.9 Å². The number of carbonyl (C=O) groups is 1. The molecule has 1 amide bonds. The number of fused-ring (bicyclic) bond motifs is 1. The summed E-state index contributed by atoms with van der Waals surface area (Å²) in [5, 5.41) is 7.81. The largest absolute Gasteiger partial charge is 0.369 e. The van der Waals surface area contributed by atoms with Crippen molar-refractivity contribution in [1.29, 1.82) is 0 Å². The highest BCUT2D eigenvalue weighted by Crippen LogP contribution is 2.28. The van der Waals surface area contributed by atoms with Crippen molar-refractivity contribution in [3.05, 3.63) is 54.6 Å². The van der Waals surface area contributed by atoms with Crippen LogP contribution in [0.1, 0.15) is 25.7 Å². The summed E-state index contributed by atoms with van der Waals surface area (Å²) in [4.78, 5) is 20.7. The number of hydrogen-bond acceptors (Lipinski definition) is 5. The van der Waals surface area contributed by atoms with Crippen LogP contribution in [0.25, 0.3) is 10.9 Å². The molecule has 2 aromatic carbocycles. The number of hydrogen-bond donors (Lipinski definition) is 3. The van der Waals surface area contributed by atoms with Crippen LogP contribution in [-0.2, 0) is 4.79 Å². The molecule has 6 nitrogen and oxygen atoms in total. The highest BCUT2D eigenvalue weighted by Gasteiger charge is 2.25. The van der Waals surface area contributed by atoms with Crippen LogP contribution in [0.2, 0.25) is 0 Å². The number of halogens is 1. The Morgan fingerprint density at radius 2 is 1.61 bits per heavy atom. The monoisotopic (exact) mass is 397 g/mol. The average Bonchev–Trinajstić information content (AvgIpc) is 2.69. The zero-order chi connectivity index (χ0) is 18.6. The van der Waals surface area contributed by atoms with Gasteiger partial charge in [0, 0.05) is 23.0 Å². The van der Waals surface area contributed by atoms with Gasteiger partial charge in [0.1, 0.15) is 5.82 Å². The highest BCUT2D eigenvalue weighted by atomic mass is 35.5. The van der Waals surface area contributed by atoms with Crippen LogP contribution < -0.4 is 16.4 Å². The molecule has 1 aromatic heterocycles. The van der Waals surface area contributed by atoms with Gasteiger partial charge in [0.2, 0.25) is 11.9 Å². The van der Waals surface area contributed by atoms with Gasteiger partial charge in [-0.05, 0) is 49.9 Å². The molecule has 0 aliphatic heterocycles. The summed E-state index contributed by atoms with van der Waals surface area (Å²) in [5.41, 5.74) is 7.30. The molecule has 1 heterocycles. The molecule has 4 N–H and O–H groups in total. The first-order valence-corrected chi connectivity index (χ1v) is 9.34. The molecule has 0 bridgehead atoms. The van der Waals surface area contributed by atoms with Gasteiger partial charge < -0.3 is 16.4 Å². The van der Waals surface area contributed by atoms with Crippen molar-refractivity contribution in [2.45, 2.75) is 31.7 Å². The van der Waals surface area contributed by atoms with Crippen molar-refractivity contribution in [1.82, 2.24) is 9.97 Å². The minimum Gasteiger partial charge on any atom is -0.369 e. The van der Waals surface area contributed by atoms with E-state index in [0.29, 0.717) is 5.95 Å². The Labute approximate surface area is 170 Å². The first-order valence-electron chi connectivity index (χ1n) is 9.34. The number of aromatic nitrogens is 2. The van der Waals surface area contributed by atoms with E-state index in [-0.39, 0.29) is 30.3 Å². The standard InChI is InChI=1S/C21H23N5O.ClH/c22-19(27)14-10-12-16(13-11-14)24-21-25-18-9-5-4-8-17(18)20(26-21)23-15-6-2-1-3-7-15;/h1-9,14,16H,10-13H2,(H2,22,27)(H2,23,24,25,26);1H. The minimum absolute atomic E-state index is 0. The summed E-state index contributed by atoms with van der Waals surface area (Å²) in [6.07, 6.45) is 3.42. The Morgan fingerprint density at radius 1 is 0.929 bits per heavy atom. The fourth-order valence-electron chi connectivity index (χ4n) is 3.60. The lowest BCUT2D eigenvalue weighted by atomic mass is 9.86. The molecule has 0 atom stereocenters. The number of nitrogens with two attached hydrogens (primary N) is 1. The predicted octanol–water partition coefficient (Wildman–Crippen LogP) is 4.25. The first kappa shape index (κ1) is 19.9. The number of anilines is 3. The minimum atomic E-state index is -0.190. The SMILES string of the molecule is Cl.NC(=O)C1CCC(Nc2nc(Nc3ccccc3)c3ccccc3n2)CC1. The van der Waals surface area contributed by atoms with Crippen molar-refractivity contribution in [3.8, 4) is 0 Å². The van der Waals surface area contributed by atoms with E-state index in [0.717, 1.165) is 48.1 Å². The van der Waals surface area contributed by atoms with E-state index in [1.165, 1.54) is 0 Å². The van der Waals surface area contributed by atoms with Gasteiger partial charge in [0.05, 0.1) is 5.52 Å². The van der Waals surface area contributed by atoms with Crippen LogP contribution >= 0.6 is 12.4 Å². The number of benzene rings is 2. The van der Waals surface area contributed by atoms with Crippen LogP contribution in [0.4, 0.5) is 17.5 Å². The van der Waals surface area contributed by atoms with Gasteiger partial charge in [-0.25, -0.2) is 4.98 Å². The van der Waals surface area contributed by atoms with Crippen LogP contribution in [-0.4, -0.2) is 21.9 Å². The number of nitrogens with one attached hydrogen (secondary N) is 2. The molecule has 146 valence electrons. The average molecular weight is 398 g/mol. The summed E-state index contributed by atoms with van der Waals surface area (Å²) in [7, 11) is 0. The summed E-state index contributed by atoms with van der Waals surface area (Å²) >= 11 is 0. The van der Waals surface area contributed by atoms with E-state index in [2.05, 4.69) is 15.6 Å². The lowest BCUT2D eigenvalue weighted by Gasteiger charge is -2.27. The van der Waals surface area contributed by atoms with Gasteiger partial charge in [0.25, 0.3) is 0 Å². The van der Waals surface area contributed by atoms with Gasteiger partial charge in [-0.1, -0.05) is 30.3 Å². The van der Waals surface area contributed by atoms with E-state index in [4.69, 9.17) is 10.7 Å². The number of primary amides is 1. The van der Waals surface area contributed by atoms with E-state index < -0.39 is 0 Å². The van der Waals surface area contributed by atoms with Gasteiger partial charge in [0.15, 0.2) is 0 Å². The maximum Gasteiger partial charge on any atom is 0.225 e. The van der Waals surface area contributed by atoms with Crippen LogP contribution in [0.3, 0.4) is 0 Å². The molecule has 0 radical (unpaired) electrons. The Kier molecular flexibility index (Phi) is 6.31. The Hall–Kier alpha value is -2.86. The van der Waals surface area contributed by atoms with E-state index in [9.17, 15) is 4.79 Å². The normalized spacial score (nSPS) is 18.9. The highest BCUT2D eigenvalue weighted by molar-refractivity contribution is 5.91. The quantitative estimate of drug-likeness (QED) is 0.598. The van der Waals surface area contributed by atoms with Crippen molar-refractivity contribution >= 4 is 46.7 Å². The zero-order valence-electron chi connectivity index (χ0n) is 15.5. The number of carbonyl (C=O) groups excluding carboxylic acids is 1. The number of rotatable bonds is 5. The first-order chi connectivity index (χ1) is 13.2. The van der Waals surface area contributed by atoms with Gasteiger partial charge in [-0.2, -0.15) is 4.98 Å². The van der Waals surface area contributed by atoms with E-state index in [1.54, 1.807) is 0 Å². The summed E-state index contributed by atoms with van der Waals surface area (Å²) in [5.74, 6) is 1.19. The molecule has 1 aliphatic carbocycles. The van der Waals surface area contributed by atoms with Crippen molar-refractivity contribution in [3.63, 3.8) is 0 Å². The fourth-order valence-corrected chi connectivity index (χ4v) is 3.60. The van der Waals surface area contributed by atoms with Gasteiger partial charge in [-0.3, -0.25) is 4.79 Å². The summed E-state index contributed by atoms with van der Waals surface area (Å²) in [6, 6.07) is 18.2. The van der Waals surface area contributed by atoms with E-state index >= 15 is 0 Å². The second kappa shape index (κ2) is 8.89. The molecule has 0 unspecified atom stereocenters. The lowest BCUT2D eigenvalue weighted by Crippen LogP contribution is -2.32. The number of amides is 1. The van der Waals surface area contributed by atoms with Crippen molar-refractivity contribution in [2.75, 3.05) is 10.6 Å². The molecule has 1 saturated carbocycles. The van der Waals surface area contributed by atoms with Crippen LogP contribution in [0, 0.1) is 5.92 Å². The summed E-state index contributed by atoms with van der Waals surface area (Å²) in [6.45, 7) is 0.